The lowest BCUT2D eigenvalue weighted by Crippen LogP contribution is -2.48. The Kier molecular flexibility index (Phi) is 4.84. The molecule has 0 saturated carbocycles. The van der Waals surface area contributed by atoms with E-state index in [-0.39, 0.29) is 11.7 Å². The van der Waals surface area contributed by atoms with Gasteiger partial charge in [-0.2, -0.15) is 0 Å². The van der Waals surface area contributed by atoms with E-state index in [1.807, 2.05) is 17.9 Å². The maximum absolute atomic E-state index is 13.1. The normalized spacial score (nSPS) is 15.1. The van der Waals surface area contributed by atoms with Gasteiger partial charge in [-0.1, -0.05) is 0 Å². The quantitative estimate of drug-likeness (QED) is 0.848. The first-order valence-electron chi connectivity index (χ1n) is 8.86. The fourth-order valence-corrected chi connectivity index (χ4v) is 3.78. The number of halogens is 1. The molecule has 1 aliphatic heterocycles. The first kappa shape index (κ1) is 17.5. The Morgan fingerprint density at radius 2 is 1.64 bits per heavy atom. The fourth-order valence-electron chi connectivity index (χ4n) is 3.78. The highest BCUT2D eigenvalue weighted by Crippen LogP contribution is 2.23. The van der Waals surface area contributed by atoms with Gasteiger partial charge >= 0.3 is 0 Å². The van der Waals surface area contributed by atoms with Crippen LogP contribution in [0, 0.1) is 19.7 Å². The zero-order valence-electron chi connectivity index (χ0n) is 15.4. The lowest BCUT2D eigenvalue weighted by molar-refractivity contribution is 0.0746. The highest BCUT2D eigenvalue weighted by atomic mass is 19.1. The molecule has 134 valence electrons. The van der Waals surface area contributed by atoms with Crippen molar-refractivity contribution in [3.63, 3.8) is 0 Å². The van der Waals surface area contributed by atoms with Gasteiger partial charge in [0.2, 0.25) is 0 Å². The van der Waals surface area contributed by atoms with Crippen LogP contribution in [0.25, 0.3) is 0 Å². The third kappa shape index (κ3) is 3.41. The third-order valence-electron chi connectivity index (χ3n) is 4.99. The van der Waals surface area contributed by atoms with E-state index in [2.05, 4.69) is 30.2 Å². The summed E-state index contributed by atoms with van der Waals surface area (Å²) in [5, 5.41) is 0. The molecule has 0 unspecified atom stereocenters. The molecule has 1 aromatic heterocycles. The number of rotatable bonds is 3. The van der Waals surface area contributed by atoms with Gasteiger partial charge in [0.15, 0.2) is 0 Å². The first-order chi connectivity index (χ1) is 11.9. The minimum absolute atomic E-state index is 0.110. The zero-order valence-corrected chi connectivity index (χ0v) is 15.4. The van der Waals surface area contributed by atoms with Gasteiger partial charge < -0.3 is 14.4 Å². The van der Waals surface area contributed by atoms with Crippen LogP contribution in [0.3, 0.4) is 0 Å². The molecule has 1 aliphatic rings. The molecule has 1 fully saturated rings. The van der Waals surface area contributed by atoms with Gasteiger partial charge in [-0.25, -0.2) is 4.39 Å². The Bertz CT molecular complexity index is 756. The first-order valence-corrected chi connectivity index (χ1v) is 8.86. The Balaban J connectivity index is 1.70. The molecule has 0 radical (unpaired) electrons. The highest BCUT2D eigenvalue weighted by molar-refractivity contribution is 5.96. The predicted molar refractivity (Wildman–Crippen MR) is 98.8 cm³/mol. The smallest absolute Gasteiger partial charge is 0.255 e. The molecule has 1 aromatic carbocycles. The summed E-state index contributed by atoms with van der Waals surface area (Å²) in [6, 6.07) is 8.90. The number of nitrogens with zero attached hydrogens (tertiary/aromatic N) is 3. The molecule has 0 spiro atoms. The number of hydrogen-bond donors (Lipinski definition) is 0. The molecular weight excluding hydrogens is 317 g/mol. The largest absolute Gasteiger partial charge is 0.368 e. The van der Waals surface area contributed by atoms with Gasteiger partial charge in [0, 0.05) is 49.3 Å². The average Bonchev–Trinajstić information content (AvgIpc) is 2.89. The van der Waals surface area contributed by atoms with Crippen molar-refractivity contribution in [3.05, 3.63) is 53.1 Å². The number of aromatic nitrogens is 1. The molecule has 4 nitrogen and oxygen atoms in total. The Morgan fingerprint density at radius 3 is 2.16 bits per heavy atom. The second-order valence-electron chi connectivity index (χ2n) is 7.00. The van der Waals surface area contributed by atoms with E-state index in [1.54, 1.807) is 12.1 Å². The van der Waals surface area contributed by atoms with Crippen molar-refractivity contribution >= 4 is 11.6 Å². The van der Waals surface area contributed by atoms with Crippen molar-refractivity contribution in [1.82, 2.24) is 9.47 Å². The van der Waals surface area contributed by atoms with Crippen molar-refractivity contribution < 1.29 is 9.18 Å². The maximum atomic E-state index is 13.1. The molecule has 2 heterocycles. The van der Waals surface area contributed by atoms with E-state index in [1.165, 1.54) is 12.1 Å². The van der Waals surface area contributed by atoms with Gasteiger partial charge in [-0.15, -0.1) is 0 Å². The minimum atomic E-state index is -0.224. The summed E-state index contributed by atoms with van der Waals surface area (Å²) >= 11 is 0. The third-order valence-corrected chi connectivity index (χ3v) is 4.99. The Morgan fingerprint density at radius 1 is 1.04 bits per heavy atom. The molecule has 0 N–H and O–H groups in total. The molecule has 1 amide bonds. The monoisotopic (exact) mass is 343 g/mol. The minimum Gasteiger partial charge on any atom is -0.368 e. The van der Waals surface area contributed by atoms with E-state index < -0.39 is 0 Å². The van der Waals surface area contributed by atoms with Crippen molar-refractivity contribution in [2.45, 2.75) is 33.7 Å². The second kappa shape index (κ2) is 6.90. The average molecular weight is 343 g/mol. The van der Waals surface area contributed by atoms with Gasteiger partial charge in [0.05, 0.1) is 5.56 Å². The standard InChI is InChI=1S/C20H26FN3O/c1-14(2)24-15(3)13-19(16(24)4)20(25)23-11-9-22(10-12-23)18-7-5-17(21)6-8-18/h5-8,13-14H,9-12H2,1-4H3. The Hall–Kier alpha value is -2.30. The number of piperazine rings is 1. The Labute approximate surface area is 148 Å². The number of aryl methyl sites for hydroxylation is 1. The summed E-state index contributed by atoms with van der Waals surface area (Å²) in [7, 11) is 0. The molecule has 5 heteroatoms. The molecule has 0 bridgehead atoms. The van der Waals surface area contributed by atoms with E-state index in [0.29, 0.717) is 19.1 Å². The van der Waals surface area contributed by atoms with Crippen LogP contribution in [-0.2, 0) is 0 Å². The topological polar surface area (TPSA) is 28.5 Å². The molecule has 0 aliphatic carbocycles. The van der Waals surface area contributed by atoms with E-state index in [4.69, 9.17) is 0 Å². The van der Waals surface area contributed by atoms with Gasteiger partial charge in [-0.05, 0) is 58.0 Å². The summed E-state index contributed by atoms with van der Waals surface area (Å²) in [6.45, 7) is 11.2. The fraction of sp³-hybridized carbons (Fsp3) is 0.450. The van der Waals surface area contributed by atoms with Crippen LogP contribution in [0.1, 0.15) is 41.6 Å². The van der Waals surface area contributed by atoms with Crippen molar-refractivity contribution in [2.24, 2.45) is 0 Å². The number of anilines is 1. The van der Waals surface area contributed by atoms with Gasteiger partial charge in [0.25, 0.3) is 5.91 Å². The van der Waals surface area contributed by atoms with Crippen molar-refractivity contribution in [2.75, 3.05) is 31.1 Å². The summed E-state index contributed by atoms with van der Waals surface area (Å²) in [5.41, 5.74) is 3.98. The molecule has 25 heavy (non-hydrogen) atoms. The zero-order chi connectivity index (χ0) is 18.1. The number of hydrogen-bond acceptors (Lipinski definition) is 2. The van der Waals surface area contributed by atoms with Gasteiger partial charge in [0.1, 0.15) is 5.82 Å². The molecule has 2 aromatic rings. The van der Waals surface area contributed by atoms with Crippen LogP contribution in [0.15, 0.2) is 30.3 Å². The summed E-state index contributed by atoms with van der Waals surface area (Å²) in [5.74, 6) is -0.114. The molecule has 1 saturated heterocycles. The lowest BCUT2D eigenvalue weighted by Gasteiger charge is -2.36. The number of carbonyl (C=O) groups excluding carboxylic acids is 1. The predicted octanol–water partition coefficient (Wildman–Crippen LogP) is 3.79. The maximum Gasteiger partial charge on any atom is 0.255 e. The van der Waals surface area contributed by atoms with E-state index >= 15 is 0 Å². The summed E-state index contributed by atoms with van der Waals surface area (Å²) in [4.78, 5) is 17.1. The summed E-state index contributed by atoms with van der Waals surface area (Å²) < 4.78 is 15.3. The van der Waals surface area contributed by atoms with Crippen LogP contribution >= 0.6 is 0 Å². The number of amides is 1. The van der Waals surface area contributed by atoms with Crippen LogP contribution in [-0.4, -0.2) is 41.6 Å². The van der Waals surface area contributed by atoms with Crippen molar-refractivity contribution in [3.8, 4) is 0 Å². The van der Waals surface area contributed by atoms with Crippen LogP contribution in [0.5, 0.6) is 0 Å². The number of benzene rings is 1. The van der Waals surface area contributed by atoms with E-state index in [0.717, 1.165) is 35.7 Å². The SMILES string of the molecule is Cc1cc(C(=O)N2CCN(c3ccc(F)cc3)CC2)c(C)n1C(C)C. The van der Waals surface area contributed by atoms with E-state index in [9.17, 15) is 9.18 Å². The lowest BCUT2D eigenvalue weighted by atomic mass is 10.2. The molecule has 3 rings (SSSR count). The van der Waals surface area contributed by atoms with Crippen LogP contribution in [0.2, 0.25) is 0 Å². The van der Waals surface area contributed by atoms with Crippen LogP contribution in [0.4, 0.5) is 10.1 Å². The summed E-state index contributed by atoms with van der Waals surface area (Å²) in [6.07, 6.45) is 0. The van der Waals surface area contributed by atoms with Crippen LogP contribution < -0.4 is 4.90 Å². The van der Waals surface area contributed by atoms with Crippen molar-refractivity contribution in [1.29, 1.82) is 0 Å². The molecular formula is C20H26FN3O. The van der Waals surface area contributed by atoms with Gasteiger partial charge in [-0.3, -0.25) is 4.79 Å². The molecule has 0 atom stereocenters. The highest BCUT2D eigenvalue weighted by Gasteiger charge is 2.25. The second-order valence-corrected chi connectivity index (χ2v) is 7.00. The number of carbonyl (C=O) groups is 1.